The summed E-state index contributed by atoms with van der Waals surface area (Å²) in [5.74, 6) is -9.66. The lowest BCUT2D eigenvalue weighted by Crippen LogP contribution is -2.60. The van der Waals surface area contributed by atoms with E-state index in [1.807, 2.05) is 0 Å². The summed E-state index contributed by atoms with van der Waals surface area (Å²) in [5, 5.41) is 5.81. The molecule has 39 heavy (non-hydrogen) atoms. The molecular weight excluding hydrogens is 543 g/mol. The first kappa shape index (κ1) is 29.4. The van der Waals surface area contributed by atoms with Crippen LogP contribution in [0.3, 0.4) is 0 Å². The van der Waals surface area contributed by atoms with Gasteiger partial charge >= 0.3 is 0 Å². The van der Waals surface area contributed by atoms with Gasteiger partial charge in [-0.15, -0.1) is 0 Å². The quantitative estimate of drug-likeness (QED) is 0.281. The SMILES string of the molecule is CC[C@H](C)[C@H](NC(=O)C1CC1(F)F)C(=O)N1C[C@@H]2CCC[C@@H]2[C@H]1C(=O)NN(C[C@@H]1CCNC1=O)C(=O)[C@H](F)Cl. The molecule has 14 heteroatoms. The summed E-state index contributed by atoms with van der Waals surface area (Å²) in [4.78, 5) is 65.8. The van der Waals surface area contributed by atoms with Crippen molar-refractivity contribution in [2.45, 2.75) is 76.0 Å². The van der Waals surface area contributed by atoms with Crippen molar-refractivity contribution >= 4 is 41.1 Å². The third-order valence-electron chi connectivity index (χ3n) is 8.63. The van der Waals surface area contributed by atoms with Gasteiger partial charge in [0.2, 0.25) is 17.7 Å². The largest absolute Gasteiger partial charge is 0.356 e. The van der Waals surface area contributed by atoms with E-state index in [-0.39, 0.29) is 30.8 Å². The van der Waals surface area contributed by atoms with Crippen molar-refractivity contribution in [1.82, 2.24) is 26.0 Å². The highest BCUT2D eigenvalue weighted by Crippen LogP contribution is 2.49. The predicted octanol–water partition coefficient (Wildman–Crippen LogP) is 1.33. The van der Waals surface area contributed by atoms with E-state index >= 15 is 0 Å². The zero-order chi connectivity index (χ0) is 28.6. The Kier molecular flexibility index (Phi) is 8.67. The van der Waals surface area contributed by atoms with Crippen molar-refractivity contribution in [3.05, 3.63) is 0 Å². The molecule has 218 valence electrons. The van der Waals surface area contributed by atoms with Gasteiger partial charge < -0.3 is 15.5 Å². The average molecular weight is 578 g/mol. The van der Waals surface area contributed by atoms with Crippen LogP contribution in [-0.2, 0) is 24.0 Å². The molecule has 2 aliphatic carbocycles. The van der Waals surface area contributed by atoms with Crippen LogP contribution in [0.25, 0.3) is 0 Å². The summed E-state index contributed by atoms with van der Waals surface area (Å²) < 4.78 is 40.8. The van der Waals surface area contributed by atoms with E-state index in [4.69, 9.17) is 11.6 Å². The van der Waals surface area contributed by atoms with Crippen molar-refractivity contribution < 1.29 is 37.1 Å². The van der Waals surface area contributed by atoms with Gasteiger partial charge in [-0.05, 0) is 37.0 Å². The summed E-state index contributed by atoms with van der Waals surface area (Å²) in [7, 11) is 0. The Morgan fingerprint density at radius 3 is 2.46 bits per heavy atom. The molecule has 0 aromatic carbocycles. The highest BCUT2D eigenvalue weighted by atomic mass is 35.5. The van der Waals surface area contributed by atoms with Crippen LogP contribution >= 0.6 is 11.6 Å². The Morgan fingerprint density at radius 2 is 1.90 bits per heavy atom. The van der Waals surface area contributed by atoms with Gasteiger partial charge in [0.15, 0.2) is 0 Å². The maximum atomic E-state index is 13.8. The van der Waals surface area contributed by atoms with Crippen LogP contribution in [0, 0.1) is 29.6 Å². The first-order chi connectivity index (χ1) is 18.4. The third kappa shape index (κ3) is 6.12. The van der Waals surface area contributed by atoms with Crippen molar-refractivity contribution in [2.75, 3.05) is 19.6 Å². The minimum absolute atomic E-state index is 0.00235. The summed E-state index contributed by atoms with van der Waals surface area (Å²) in [6, 6.07) is -2.15. The van der Waals surface area contributed by atoms with Crippen molar-refractivity contribution in [3.63, 3.8) is 0 Å². The van der Waals surface area contributed by atoms with Crippen molar-refractivity contribution in [2.24, 2.45) is 29.6 Å². The molecule has 4 rings (SSSR count). The number of hydrogen-bond donors (Lipinski definition) is 3. The standard InChI is InChI=1S/C25H35ClF3N5O5/c1-3-12(2)17(31-21(36)16-9-25(16,28)29)23(38)33-10-13-5-4-6-15(13)18(33)22(37)32-34(24(39)19(26)27)11-14-7-8-30-20(14)35/h12-19H,3-11H2,1-2H3,(H,30,35)(H,31,36)(H,32,37)/t12-,13-,14-,15-,16?,17-,18-,19-/m0/s1. The Balaban J connectivity index is 1.54. The van der Waals surface area contributed by atoms with Crippen LogP contribution in [0.1, 0.15) is 52.4 Å². The number of nitrogens with zero attached hydrogens (tertiary/aromatic N) is 2. The summed E-state index contributed by atoms with van der Waals surface area (Å²) in [6.45, 7) is 3.83. The van der Waals surface area contributed by atoms with Gasteiger partial charge in [-0.1, -0.05) is 38.3 Å². The van der Waals surface area contributed by atoms with Crippen LogP contribution in [0.5, 0.6) is 0 Å². The number of likely N-dealkylation sites (tertiary alicyclic amines) is 1. The number of fused-ring (bicyclic) bond motifs is 1. The second-order valence-electron chi connectivity index (χ2n) is 11.2. The van der Waals surface area contributed by atoms with E-state index < -0.39 is 71.4 Å². The van der Waals surface area contributed by atoms with E-state index in [9.17, 15) is 37.1 Å². The molecule has 5 amide bonds. The molecule has 2 aliphatic heterocycles. The van der Waals surface area contributed by atoms with Gasteiger partial charge in [0.05, 0.1) is 12.5 Å². The van der Waals surface area contributed by atoms with Crippen molar-refractivity contribution in [1.29, 1.82) is 0 Å². The maximum absolute atomic E-state index is 13.8. The number of nitrogens with one attached hydrogen (secondary N) is 3. The zero-order valence-electron chi connectivity index (χ0n) is 21.9. The van der Waals surface area contributed by atoms with Crippen LogP contribution in [0.4, 0.5) is 13.2 Å². The van der Waals surface area contributed by atoms with Gasteiger partial charge in [0.1, 0.15) is 18.0 Å². The van der Waals surface area contributed by atoms with E-state index in [0.29, 0.717) is 30.8 Å². The van der Waals surface area contributed by atoms with Gasteiger partial charge in [-0.2, -0.15) is 0 Å². The molecule has 2 heterocycles. The minimum Gasteiger partial charge on any atom is -0.356 e. The normalized spacial score (nSPS) is 31.1. The lowest BCUT2D eigenvalue weighted by molar-refractivity contribution is -0.150. The van der Waals surface area contributed by atoms with Gasteiger partial charge in [0.25, 0.3) is 23.4 Å². The zero-order valence-corrected chi connectivity index (χ0v) is 22.7. The van der Waals surface area contributed by atoms with E-state index in [0.717, 1.165) is 12.8 Å². The molecule has 0 bridgehead atoms. The molecule has 4 aliphatic rings. The molecule has 0 radical (unpaired) electrons. The Bertz CT molecular complexity index is 1020. The minimum atomic E-state index is -3.09. The predicted molar refractivity (Wildman–Crippen MR) is 132 cm³/mol. The number of alkyl halides is 4. The van der Waals surface area contributed by atoms with Crippen LogP contribution in [-0.4, -0.2) is 82.7 Å². The second-order valence-corrected chi connectivity index (χ2v) is 11.6. The smallest absolute Gasteiger partial charge is 0.291 e. The van der Waals surface area contributed by atoms with E-state index in [1.54, 1.807) is 13.8 Å². The monoisotopic (exact) mass is 577 g/mol. The molecule has 1 unspecified atom stereocenters. The second kappa shape index (κ2) is 11.5. The topological polar surface area (TPSA) is 128 Å². The summed E-state index contributed by atoms with van der Waals surface area (Å²) >= 11 is 5.38. The fourth-order valence-corrected chi connectivity index (χ4v) is 6.15. The molecule has 0 aromatic heterocycles. The van der Waals surface area contributed by atoms with Crippen molar-refractivity contribution in [3.8, 4) is 0 Å². The van der Waals surface area contributed by atoms with E-state index in [2.05, 4.69) is 16.1 Å². The maximum Gasteiger partial charge on any atom is 0.291 e. The van der Waals surface area contributed by atoms with Crippen LogP contribution < -0.4 is 16.1 Å². The summed E-state index contributed by atoms with van der Waals surface area (Å²) in [6.07, 6.45) is 2.52. The Morgan fingerprint density at radius 1 is 1.21 bits per heavy atom. The fourth-order valence-electron chi connectivity index (χ4n) is 6.03. The molecule has 4 fully saturated rings. The number of halogens is 4. The third-order valence-corrected chi connectivity index (χ3v) is 8.81. The number of carbonyl (C=O) groups is 5. The van der Waals surface area contributed by atoms with E-state index in [1.165, 1.54) is 4.90 Å². The number of hydrazine groups is 1. The Hall–Kier alpha value is -2.57. The van der Waals surface area contributed by atoms with Crippen LogP contribution in [0.2, 0.25) is 0 Å². The number of rotatable bonds is 9. The van der Waals surface area contributed by atoms with Gasteiger partial charge in [-0.25, -0.2) is 18.2 Å². The highest BCUT2D eigenvalue weighted by molar-refractivity contribution is 6.29. The molecule has 8 atom stereocenters. The Labute approximate surface area is 229 Å². The average Bonchev–Trinajstić information content (AvgIpc) is 3.27. The first-order valence-electron chi connectivity index (χ1n) is 13.5. The fraction of sp³-hybridized carbons (Fsp3) is 0.800. The van der Waals surface area contributed by atoms with Gasteiger partial charge in [-0.3, -0.25) is 29.4 Å². The molecule has 2 saturated heterocycles. The number of amides is 5. The molecule has 0 aromatic rings. The molecular formula is C25H35ClF3N5O5. The lowest BCUT2D eigenvalue weighted by atomic mass is 9.93. The van der Waals surface area contributed by atoms with Gasteiger partial charge in [0, 0.05) is 19.5 Å². The lowest BCUT2D eigenvalue weighted by Gasteiger charge is -2.34. The molecule has 2 saturated carbocycles. The molecule has 10 nitrogen and oxygen atoms in total. The molecule has 3 N–H and O–H groups in total. The molecule has 0 spiro atoms. The van der Waals surface area contributed by atoms with Crippen LogP contribution in [0.15, 0.2) is 0 Å². The highest BCUT2D eigenvalue weighted by Gasteiger charge is 2.62. The number of hydrogen-bond acceptors (Lipinski definition) is 5. The first-order valence-corrected chi connectivity index (χ1v) is 14.0. The number of carbonyl (C=O) groups excluding carboxylic acids is 5. The summed E-state index contributed by atoms with van der Waals surface area (Å²) in [5.41, 5.74) is -0.0506.